The van der Waals surface area contributed by atoms with Crippen molar-refractivity contribution in [3.05, 3.63) is 0 Å². The molecular formula is C9H18N2O3. The van der Waals surface area contributed by atoms with Crippen molar-refractivity contribution in [1.29, 1.82) is 0 Å². The molecule has 5 nitrogen and oxygen atoms in total. The summed E-state index contributed by atoms with van der Waals surface area (Å²) in [5, 5.41) is 0. The maximum Gasteiger partial charge on any atom is 0.263 e. The normalized spacial score (nSPS) is 26.9. The molecule has 14 heavy (non-hydrogen) atoms. The lowest BCUT2D eigenvalue weighted by atomic mass is 10.2. The molecule has 0 aromatic rings. The average Bonchev–Trinajstić information content (AvgIpc) is 2.62. The Kier molecular flexibility index (Phi) is 4.31. The zero-order valence-electron chi connectivity index (χ0n) is 8.66. The second kappa shape index (κ2) is 5.29. The molecule has 5 heteroatoms. The molecule has 0 bridgehead atoms. The van der Waals surface area contributed by atoms with Gasteiger partial charge in [0.15, 0.2) is 0 Å². The van der Waals surface area contributed by atoms with Crippen LogP contribution in [0.25, 0.3) is 0 Å². The number of nitrogens with two attached hydrogens (primary N) is 1. The average molecular weight is 202 g/mol. The van der Waals surface area contributed by atoms with Gasteiger partial charge < -0.3 is 9.47 Å². The Morgan fingerprint density at radius 2 is 2.36 bits per heavy atom. The lowest BCUT2D eigenvalue weighted by Crippen LogP contribution is -2.39. The number of nitrogens with one attached hydrogen (secondary N) is 1. The van der Waals surface area contributed by atoms with Crippen molar-refractivity contribution < 1.29 is 14.3 Å². The topological polar surface area (TPSA) is 73.6 Å². The molecule has 0 aromatic heterocycles. The molecule has 0 spiro atoms. The minimum atomic E-state index is -0.402. The summed E-state index contributed by atoms with van der Waals surface area (Å²) in [5.41, 5.74) is 2.09. The third-order valence-electron chi connectivity index (χ3n) is 2.16. The van der Waals surface area contributed by atoms with Crippen LogP contribution in [-0.2, 0) is 14.3 Å². The Hall–Kier alpha value is -0.650. The Labute approximate surface area is 83.9 Å². The highest BCUT2D eigenvalue weighted by Gasteiger charge is 2.30. The van der Waals surface area contributed by atoms with Crippen molar-refractivity contribution in [2.24, 2.45) is 5.84 Å². The van der Waals surface area contributed by atoms with E-state index in [0.29, 0.717) is 6.61 Å². The highest BCUT2D eigenvalue weighted by atomic mass is 16.5. The summed E-state index contributed by atoms with van der Waals surface area (Å²) in [5.74, 6) is 4.76. The summed E-state index contributed by atoms with van der Waals surface area (Å²) in [6.07, 6.45) is 1.39. The highest BCUT2D eigenvalue weighted by Crippen LogP contribution is 2.20. The van der Waals surface area contributed by atoms with E-state index in [9.17, 15) is 4.79 Å². The number of rotatable bonds is 4. The molecule has 0 radical (unpaired) electrons. The summed E-state index contributed by atoms with van der Waals surface area (Å²) in [7, 11) is 0. The van der Waals surface area contributed by atoms with Crippen LogP contribution < -0.4 is 11.3 Å². The van der Waals surface area contributed by atoms with Crippen molar-refractivity contribution in [3.8, 4) is 0 Å². The zero-order valence-corrected chi connectivity index (χ0v) is 8.66. The number of hydrazine groups is 1. The maximum absolute atomic E-state index is 11.1. The molecule has 3 N–H and O–H groups in total. The number of hydrogen-bond donors (Lipinski definition) is 2. The molecule has 82 valence electrons. The molecule has 0 aliphatic carbocycles. The quantitative estimate of drug-likeness (QED) is 0.381. The summed E-state index contributed by atoms with van der Waals surface area (Å²) >= 11 is 0. The summed E-state index contributed by atoms with van der Waals surface area (Å²) in [6.45, 7) is 4.49. The predicted octanol–water partition coefficient (Wildman–Crippen LogP) is -0.0511. The molecule has 1 aliphatic rings. The number of amides is 1. The van der Waals surface area contributed by atoms with E-state index >= 15 is 0 Å². The van der Waals surface area contributed by atoms with Crippen LogP contribution in [0.1, 0.15) is 26.7 Å². The van der Waals surface area contributed by atoms with Gasteiger partial charge in [-0.05, 0) is 26.7 Å². The molecule has 1 rings (SSSR count). The van der Waals surface area contributed by atoms with Crippen LogP contribution in [0.3, 0.4) is 0 Å². The number of carbonyl (C=O) groups is 1. The van der Waals surface area contributed by atoms with E-state index in [1.54, 1.807) is 0 Å². The van der Waals surface area contributed by atoms with Gasteiger partial charge in [-0.2, -0.15) is 0 Å². The summed E-state index contributed by atoms with van der Waals surface area (Å²) < 4.78 is 10.8. The first kappa shape index (κ1) is 11.4. The maximum atomic E-state index is 11.1. The van der Waals surface area contributed by atoms with E-state index in [0.717, 1.165) is 12.8 Å². The standard InChI is InChI=1S/C9H18N2O3/c1-6(2)13-5-7-3-4-8(14-7)9(12)11-10/h6-8H,3-5,10H2,1-2H3,(H,11,12). The molecule has 0 saturated carbocycles. The van der Waals surface area contributed by atoms with E-state index in [4.69, 9.17) is 15.3 Å². The fourth-order valence-corrected chi connectivity index (χ4v) is 1.41. The van der Waals surface area contributed by atoms with Gasteiger partial charge in [0.1, 0.15) is 6.10 Å². The van der Waals surface area contributed by atoms with Crippen molar-refractivity contribution in [2.45, 2.75) is 45.0 Å². The van der Waals surface area contributed by atoms with Crippen molar-refractivity contribution in [3.63, 3.8) is 0 Å². The van der Waals surface area contributed by atoms with E-state index in [1.165, 1.54) is 0 Å². The second-order valence-corrected chi connectivity index (χ2v) is 3.71. The van der Waals surface area contributed by atoms with Gasteiger partial charge in [-0.1, -0.05) is 0 Å². The minimum absolute atomic E-state index is 0.0275. The van der Waals surface area contributed by atoms with Crippen LogP contribution in [0, 0.1) is 0 Å². The molecule has 1 saturated heterocycles. The van der Waals surface area contributed by atoms with Crippen molar-refractivity contribution in [2.75, 3.05) is 6.61 Å². The molecule has 1 fully saturated rings. The Balaban J connectivity index is 2.23. The minimum Gasteiger partial charge on any atom is -0.376 e. The fraction of sp³-hybridized carbons (Fsp3) is 0.889. The SMILES string of the molecule is CC(C)OCC1CCC(C(=O)NN)O1. The van der Waals surface area contributed by atoms with Gasteiger partial charge in [-0.25, -0.2) is 5.84 Å². The third kappa shape index (κ3) is 3.25. The molecule has 2 unspecified atom stereocenters. The highest BCUT2D eigenvalue weighted by molar-refractivity contribution is 5.80. The van der Waals surface area contributed by atoms with E-state index in [2.05, 4.69) is 5.43 Å². The van der Waals surface area contributed by atoms with Crippen molar-refractivity contribution in [1.82, 2.24) is 5.43 Å². The number of carbonyl (C=O) groups excluding carboxylic acids is 1. The van der Waals surface area contributed by atoms with E-state index in [-0.39, 0.29) is 18.1 Å². The Bertz CT molecular complexity index is 196. The van der Waals surface area contributed by atoms with Crippen LogP contribution in [0.2, 0.25) is 0 Å². The van der Waals surface area contributed by atoms with Crippen LogP contribution >= 0.6 is 0 Å². The molecular weight excluding hydrogens is 184 g/mol. The van der Waals surface area contributed by atoms with Gasteiger partial charge in [-0.15, -0.1) is 0 Å². The number of hydrogen-bond acceptors (Lipinski definition) is 4. The fourth-order valence-electron chi connectivity index (χ4n) is 1.41. The lowest BCUT2D eigenvalue weighted by Gasteiger charge is -2.14. The van der Waals surface area contributed by atoms with Gasteiger partial charge >= 0.3 is 0 Å². The van der Waals surface area contributed by atoms with Gasteiger partial charge in [0, 0.05) is 0 Å². The smallest absolute Gasteiger partial charge is 0.263 e. The van der Waals surface area contributed by atoms with Crippen LogP contribution in [0.5, 0.6) is 0 Å². The zero-order chi connectivity index (χ0) is 10.6. The van der Waals surface area contributed by atoms with Crippen LogP contribution in [0.15, 0.2) is 0 Å². The second-order valence-electron chi connectivity index (χ2n) is 3.71. The summed E-state index contributed by atoms with van der Waals surface area (Å²) in [4.78, 5) is 11.1. The third-order valence-corrected chi connectivity index (χ3v) is 2.16. The molecule has 1 amide bonds. The number of ether oxygens (including phenoxy) is 2. The van der Waals surface area contributed by atoms with Gasteiger partial charge in [0.2, 0.25) is 0 Å². The Morgan fingerprint density at radius 1 is 1.64 bits per heavy atom. The van der Waals surface area contributed by atoms with Crippen LogP contribution in [-0.4, -0.2) is 30.8 Å². The van der Waals surface area contributed by atoms with E-state index < -0.39 is 6.10 Å². The monoisotopic (exact) mass is 202 g/mol. The predicted molar refractivity (Wildman–Crippen MR) is 51.3 cm³/mol. The van der Waals surface area contributed by atoms with Gasteiger partial charge in [0.05, 0.1) is 18.8 Å². The molecule has 2 atom stereocenters. The van der Waals surface area contributed by atoms with Gasteiger partial charge in [0.25, 0.3) is 5.91 Å². The molecule has 1 heterocycles. The molecule has 1 aliphatic heterocycles. The first-order chi connectivity index (χ1) is 6.63. The lowest BCUT2D eigenvalue weighted by molar-refractivity contribution is -0.133. The Morgan fingerprint density at radius 3 is 2.93 bits per heavy atom. The first-order valence-corrected chi connectivity index (χ1v) is 4.91. The van der Waals surface area contributed by atoms with Gasteiger partial charge in [-0.3, -0.25) is 10.2 Å². The molecule has 0 aromatic carbocycles. The van der Waals surface area contributed by atoms with Crippen molar-refractivity contribution >= 4 is 5.91 Å². The largest absolute Gasteiger partial charge is 0.376 e. The summed E-state index contributed by atoms with van der Waals surface area (Å²) in [6, 6.07) is 0. The first-order valence-electron chi connectivity index (χ1n) is 4.91. The van der Waals surface area contributed by atoms with E-state index in [1.807, 2.05) is 13.8 Å². The van der Waals surface area contributed by atoms with Crippen LogP contribution in [0.4, 0.5) is 0 Å².